The van der Waals surface area contributed by atoms with Crippen LogP contribution in [0.1, 0.15) is 0 Å². The molecule has 0 aliphatic rings. The van der Waals surface area contributed by atoms with E-state index in [0.29, 0.717) is 16.9 Å². The Morgan fingerprint density at radius 2 is 2.09 bits per heavy atom. The lowest BCUT2D eigenvalue weighted by molar-refractivity contribution is -0.113. The number of rotatable bonds is 3. The number of amides is 1. The molecule has 22 heavy (non-hydrogen) atoms. The first-order valence-electron chi connectivity index (χ1n) is 6.61. The van der Waals surface area contributed by atoms with Crippen LogP contribution < -0.4 is 11.1 Å². The van der Waals surface area contributed by atoms with Gasteiger partial charge in [-0.3, -0.25) is 4.79 Å². The minimum atomic E-state index is -0.327. The number of hydrogen-bond acceptors (Lipinski definition) is 2. The van der Waals surface area contributed by atoms with Crippen LogP contribution in [-0.4, -0.2) is 16.8 Å². The Balaban J connectivity index is 2.07. The average Bonchev–Trinajstić information content (AvgIpc) is 2.92. The van der Waals surface area contributed by atoms with E-state index in [-0.39, 0.29) is 17.6 Å². The molecule has 0 aliphatic heterocycles. The first-order chi connectivity index (χ1) is 10.6. The highest BCUT2D eigenvalue weighted by molar-refractivity contribution is 6.29. The standard InChI is InChI=1S/C16H13ClFN3O/c17-7-16(22)21-15-5-9(1-4-13(15)19)12-8-20-14-6-10(18)2-3-11(12)14/h1-6,8,20H,7,19H2,(H,21,22). The van der Waals surface area contributed by atoms with E-state index in [1.54, 1.807) is 24.4 Å². The van der Waals surface area contributed by atoms with Gasteiger partial charge in [-0.05, 0) is 35.9 Å². The van der Waals surface area contributed by atoms with Gasteiger partial charge in [-0.25, -0.2) is 4.39 Å². The Bertz CT molecular complexity index is 860. The van der Waals surface area contributed by atoms with Gasteiger partial charge in [0.2, 0.25) is 5.91 Å². The molecule has 0 bridgehead atoms. The zero-order chi connectivity index (χ0) is 15.7. The smallest absolute Gasteiger partial charge is 0.239 e. The third kappa shape index (κ3) is 2.63. The van der Waals surface area contributed by atoms with Crippen LogP contribution in [0.4, 0.5) is 15.8 Å². The molecular formula is C16H13ClFN3O. The molecule has 1 aromatic heterocycles. The highest BCUT2D eigenvalue weighted by Gasteiger charge is 2.10. The number of nitrogens with one attached hydrogen (secondary N) is 2. The van der Waals surface area contributed by atoms with Crippen LogP contribution >= 0.6 is 11.6 Å². The fourth-order valence-electron chi connectivity index (χ4n) is 2.35. The summed E-state index contributed by atoms with van der Waals surface area (Å²) in [6.07, 6.45) is 1.79. The molecule has 112 valence electrons. The number of nitrogens with two attached hydrogens (primary N) is 1. The molecule has 0 unspecified atom stereocenters. The number of alkyl halides is 1. The van der Waals surface area contributed by atoms with Crippen molar-refractivity contribution in [2.75, 3.05) is 16.9 Å². The molecular weight excluding hydrogens is 305 g/mol. The lowest BCUT2D eigenvalue weighted by Gasteiger charge is -2.09. The molecule has 0 saturated carbocycles. The van der Waals surface area contributed by atoms with Gasteiger partial charge < -0.3 is 16.0 Å². The fourth-order valence-corrected chi connectivity index (χ4v) is 2.42. The third-order valence-corrected chi connectivity index (χ3v) is 3.65. The lowest BCUT2D eigenvalue weighted by Crippen LogP contribution is -2.13. The SMILES string of the molecule is Nc1ccc(-c2c[nH]c3cc(F)ccc23)cc1NC(=O)CCl. The van der Waals surface area contributed by atoms with Gasteiger partial charge in [0.25, 0.3) is 0 Å². The van der Waals surface area contributed by atoms with Gasteiger partial charge in [0, 0.05) is 22.7 Å². The molecule has 4 N–H and O–H groups in total. The van der Waals surface area contributed by atoms with Crippen LogP contribution in [0.5, 0.6) is 0 Å². The molecule has 3 rings (SSSR count). The first-order valence-corrected chi connectivity index (χ1v) is 7.14. The molecule has 0 atom stereocenters. The summed E-state index contributed by atoms with van der Waals surface area (Å²) in [5, 5.41) is 3.54. The van der Waals surface area contributed by atoms with E-state index in [1.165, 1.54) is 12.1 Å². The minimum Gasteiger partial charge on any atom is -0.397 e. The van der Waals surface area contributed by atoms with Gasteiger partial charge in [0.15, 0.2) is 0 Å². The van der Waals surface area contributed by atoms with Crippen LogP contribution in [0.15, 0.2) is 42.6 Å². The lowest BCUT2D eigenvalue weighted by atomic mass is 10.0. The monoisotopic (exact) mass is 317 g/mol. The van der Waals surface area contributed by atoms with Crippen molar-refractivity contribution in [1.29, 1.82) is 0 Å². The van der Waals surface area contributed by atoms with E-state index in [4.69, 9.17) is 17.3 Å². The predicted molar refractivity (Wildman–Crippen MR) is 87.5 cm³/mol. The van der Waals surface area contributed by atoms with Crippen LogP contribution in [0, 0.1) is 5.82 Å². The second kappa shape index (κ2) is 5.69. The van der Waals surface area contributed by atoms with E-state index in [9.17, 15) is 9.18 Å². The molecule has 0 aliphatic carbocycles. The van der Waals surface area contributed by atoms with Crippen LogP contribution in [-0.2, 0) is 4.79 Å². The summed E-state index contributed by atoms with van der Waals surface area (Å²) in [4.78, 5) is 14.5. The number of fused-ring (bicyclic) bond motifs is 1. The second-order valence-corrected chi connectivity index (χ2v) is 5.14. The molecule has 0 fully saturated rings. The molecule has 1 heterocycles. The number of aromatic nitrogens is 1. The normalized spacial score (nSPS) is 10.8. The van der Waals surface area contributed by atoms with Crippen molar-refractivity contribution in [2.24, 2.45) is 0 Å². The number of nitrogen functional groups attached to an aromatic ring is 1. The molecule has 6 heteroatoms. The van der Waals surface area contributed by atoms with Gasteiger partial charge in [-0.15, -0.1) is 11.6 Å². The summed E-state index contributed by atoms with van der Waals surface area (Å²) in [5.74, 6) is -0.768. The molecule has 3 aromatic rings. The summed E-state index contributed by atoms with van der Waals surface area (Å²) in [6.45, 7) is 0. The van der Waals surface area contributed by atoms with Crippen molar-refractivity contribution in [1.82, 2.24) is 4.98 Å². The summed E-state index contributed by atoms with van der Waals surface area (Å²) in [6, 6.07) is 9.88. The zero-order valence-electron chi connectivity index (χ0n) is 11.5. The summed E-state index contributed by atoms with van der Waals surface area (Å²) >= 11 is 5.49. The molecule has 0 radical (unpaired) electrons. The first kappa shape index (κ1) is 14.4. The number of benzene rings is 2. The van der Waals surface area contributed by atoms with Crippen molar-refractivity contribution < 1.29 is 9.18 Å². The maximum atomic E-state index is 13.3. The zero-order valence-corrected chi connectivity index (χ0v) is 12.2. The molecule has 1 amide bonds. The number of carbonyl (C=O) groups is 1. The number of H-pyrrole nitrogens is 1. The fraction of sp³-hybridized carbons (Fsp3) is 0.0625. The van der Waals surface area contributed by atoms with E-state index in [0.717, 1.165) is 16.5 Å². The van der Waals surface area contributed by atoms with Crippen molar-refractivity contribution in [2.45, 2.75) is 0 Å². The van der Waals surface area contributed by atoms with Crippen molar-refractivity contribution >= 4 is 39.8 Å². The van der Waals surface area contributed by atoms with Gasteiger partial charge in [-0.2, -0.15) is 0 Å². The highest BCUT2D eigenvalue weighted by Crippen LogP contribution is 2.32. The van der Waals surface area contributed by atoms with Gasteiger partial charge in [0.1, 0.15) is 11.7 Å². The van der Waals surface area contributed by atoms with Crippen LogP contribution in [0.2, 0.25) is 0 Å². The van der Waals surface area contributed by atoms with Gasteiger partial charge in [0.05, 0.1) is 11.4 Å². The Labute approximate surface area is 131 Å². The number of aromatic amines is 1. The van der Waals surface area contributed by atoms with E-state index in [1.807, 2.05) is 6.07 Å². The predicted octanol–water partition coefficient (Wildman–Crippen LogP) is 3.73. The summed E-state index contributed by atoms with van der Waals surface area (Å²) < 4.78 is 13.3. The number of hydrogen-bond donors (Lipinski definition) is 3. The largest absolute Gasteiger partial charge is 0.397 e. The van der Waals surface area contributed by atoms with Crippen LogP contribution in [0.3, 0.4) is 0 Å². The number of carbonyl (C=O) groups excluding carboxylic acids is 1. The Hall–Kier alpha value is -2.53. The van der Waals surface area contributed by atoms with Gasteiger partial charge >= 0.3 is 0 Å². The van der Waals surface area contributed by atoms with Gasteiger partial charge in [-0.1, -0.05) is 6.07 Å². The minimum absolute atomic E-state index is 0.143. The Morgan fingerprint density at radius 3 is 2.86 bits per heavy atom. The second-order valence-electron chi connectivity index (χ2n) is 4.88. The van der Waals surface area contributed by atoms with E-state index in [2.05, 4.69) is 10.3 Å². The van der Waals surface area contributed by atoms with Crippen molar-refractivity contribution in [3.05, 3.63) is 48.4 Å². The highest BCUT2D eigenvalue weighted by atomic mass is 35.5. The summed E-state index contributed by atoms with van der Waals surface area (Å²) in [5.41, 5.74) is 9.28. The summed E-state index contributed by atoms with van der Waals surface area (Å²) in [7, 11) is 0. The van der Waals surface area contributed by atoms with Crippen LogP contribution in [0.25, 0.3) is 22.0 Å². The number of anilines is 2. The quantitative estimate of drug-likeness (QED) is 0.509. The Kier molecular flexibility index (Phi) is 3.73. The van der Waals surface area contributed by atoms with Crippen molar-refractivity contribution in [3.8, 4) is 11.1 Å². The topological polar surface area (TPSA) is 70.9 Å². The average molecular weight is 318 g/mol. The third-order valence-electron chi connectivity index (χ3n) is 3.40. The molecule has 4 nitrogen and oxygen atoms in total. The van der Waals surface area contributed by atoms with E-state index < -0.39 is 0 Å². The number of halogens is 2. The maximum absolute atomic E-state index is 13.3. The molecule has 0 saturated heterocycles. The molecule has 2 aromatic carbocycles. The Morgan fingerprint density at radius 1 is 1.27 bits per heavy atom. The van der Waals surface area contributed by atoms with Crippen molar-refractivity contribution in [3.63, 3.8) is 0 Å². The maximum Gasteiger partial charge on any atom is 0.239 e. The van der Waals surface area contributed by atoms with E-state index >= 15 is 0 Å². The molecule has 0 spiro atoms.